The van der Waals surface area contributed by atoms with Gasteiger partial charge in [-0.25, -0.2) is 0 Å². The first kappa shape index (κ1) is 14.2. The number of hydrogen-bond acceptors (Lipinski definition) is 3. The lowest BCUT2D eigenvalue weighted by Gasteiger charge is -2.28. The second-order valence-corrected chi connectivity index (χ2v) is 5.95. The van der Waals surface area contributed by atoms with Crippen LogP contribution in [-0.2, 0) is 6.54 Å². The molecule has 19 heavy (non-hydrogen) atoms. The first-order valence-corrected chi connectivity index (χ1v) is 7.56. The van der Waals surface area contributed by atoms with Crippen molar-refractivity contribution in [3.63, 3.8) is 0 Å². The van der Waals surface area contributed by atoms with Crippen LogP contribution in [0.2, 0.25) is 0 Å². The molecular formula is C15H18N2S2. The standard InChI is InChI=1S/C15H18N2S2/c1-17(10-12-7-8-19-11-12)14(9-15(16)18)13-5-3-2-4-6-13/h2-8,11,14H,9-10H2,1H3,(H2,16,18). The number of benzene rings is 1. The van der Waals surface area contributed by atoms with Gasteiger partial charge in [-0.3, -0.25) is 4.90 Å². The molecule has 2 aromatic rings. The average Bonchev–Trinajstić information content (AvgIpc) is 2.89. The summed E-state index contributed by atoms with van der Waals surface area (Å²) in [6.45, 7) is 0.908. The Kier molecular flexibility index (Phi) is 5.07. The Morgan fingerprint density at radius 1 is 1.32 bits per heavy atom. The summed E-state index contributed by atoms with van der Waals surface area (Å²) in [5.41, 5.74) is 8.34. The maximum Gasteiger partial charge on any atom is 0.0746 e. The number of nitrogens with two attached hydrogens (primary N) is 1. The molecule has 1 aromatic carbocycles. The highest BCUT2D eigenvalue weighted by molar-refractivity contribution is 7.80. The van der Waals surface area contributed by atoms with E-state index in [0.717, 1.165) is 6.54 Å². The molecule has 2 rings (SSSR count). The minimum atomic E-state index is 0.235. The summed E-state index contributed by atoms with van der Waals surface area (Å²) < 4.78 is 0. The Morgan fingerprint density at radius 2 is 2.05 bits per heavy atom. The maximum atomic E-state index is 5.75. The number of thiophene rings is 1. The first-order valence-electron chi connectivity index (χ1n) is 6.21. The lowest BCUT2D eigenvalue weighted by Crippen LogP contribution is -2.27. The molecule has 0 bridgehead atoms. The fourth-order valence-electron chi connectivity index (χ4n) is 2.17. The van der Waals surface area contributed by atoms with Gasteiger partial charge in [0, 0.05) is 19.0 Å². The third-order valence-corrected chi connectivity index (χ3v) is 4.02. The van der Waals surface area contributed by atoms with Crippen LogP contribution < -0.4 is 5.73 Å². The Labute approximate surface area is 123 Å². The quantitative estimate of drug-likeness (QED) is 0.824. The summed E-state index contributed by atoms with van der Waals surface area (Å²) in [4.78, 5) is 2.86. The highest BCUT2D eigenvalue weighted by atomic mass is 32.1. The van der Waals surface area contributed by atoms with Crippen LogP contribution in [0.1, 0.15) is 23.6 Å². The smallest absolute Gasteiger partial charge is 0.0746 e. The van der Waals surface area contributed by atoms with Crippen molar-refractivity contribution in [3.8, 4) is 0 Å². The van der Waals surface area contributed by atoms with Crippen LogP contribution in [0, 0.1) is 0 Å². The third-order valence-electron chi connectivity index (χ3n) is 3.12. The molecule has 0 saturated heterocycles. The largest absolute Gasteiger partial charge is 0.393 e. The molecule has 0 aliphatic carbocycles. The lowest BCUT2D eigenvalue weighted by atomic mass is 10.0. The average molecular weight is 290 g/mol. The number of nitrogens with zero attached hydrogens (tertiary/aromatic N) is 1. The van der Waals surface area contributed by atoms with E-state index in [9.17, 15) is 0 Å². The van der Waals surface area contributed by atoms with Crippen LogP contribution in [-0.4, -0.2) is 16.9 Å². The van der Waals surface area contributed by atoms with E-state index in [1.807, 2.05) is 6.07 Å². The van der Waals surface area contributed by atoms with Crippen LogP contribution in [0.5, 0.6) is 0 Å². The second kappa shape index (κ2) is 6.80. The summed E-state index contributed by atoms with van der Waals surface area (Å²) in [6.07, 6.45) is 0.708. The molecule has 0 saturated carbocycles. The van der Waals surface area contributed by atoms with E-state index in [1.54, 1.807) is 11.3 Å². The molecule has 1 heterocycles. The molecule has 2 nitrogen and oxygen atoms in total. The van der Waals surface area contributed by atoms with Crippen LogP contribution in [0.15, 0.2) is 47.2 Å². The van der Waals surface area contributed by atoms with Gasteiger partial charge < -0.3 is 5.73 Å². The molecule has 0 spiro atoms. The van der Waals surface area contributed by atoms with E-state index in [1.165, 1.54) is 11.1 Å². The highest BCUT2D eigenvalue weighted by Crippen LogP contribution is 2.25. The molecule has 0 radical (unpaired) electrons. The van der Waals surface area contributed by atoms with Crippen LogP contribution in [0.4, 0.5) is 0 Å². The van der Waals surface area contributed by atoms with Crippen molar-refractivity contribution in [3.05, 3.63) is 58.3 Å². The Morgan fingerprint density at radius 3 is 2.63 bits per heavy atom. The fourth-order valence-corrected chi connectivity index (χ4v) is 2.99. The topological polar surface area (TPSA) is 29.3 Å². The zero-order chi connectivity index (χ0) is 13.7. The molecule has 100 valence electrons. The molecule has 0 aliphatic rings. The summed E-state index contributed by atoms with van der Waals surface area (Å²) in [6, 6.07) is 12.8. The Balaban J connectivity index is 2.15. The molecule has 2 N–H and O–H groups in total. The minimum Gasteiger partial charge on any atom is -0.393 e. The van der Waals surface area contributed by atoms with Crippen LogP contribution in [0.3, 0.4) is 0 Å². The third kappa shape index (κ3) is 4.13. The fraction of sp³-hybridized carbons (Fsp3) is 0.267. The van der Waals surface area contributed by atoms with Crippen LogP contribution >= 0.6 is 23.6 Å². The zero-order valence-electron chi connectivity index (χ0n) is 11.0. The van der Waals surface area contributed by atoms with Gasteiger partial charge in [-0.1, -0.05) is 42.5 Å². The first-order chi connectivity index (χ1) is 9.16. The number of thiocarbonyl (C=S) groups is 1. The van der Waals surface area contributed by atoms with Gasteiger partial charge in [-0.05, 0) is 35.0 Å². The van der Waals surface area contributed by atoms with Crippen molar-refractivity contribution in [1.29, 1.82) is 0 Å². The Bertz CT molecular complexity index is 508. The van der Waals surface area contributed by atoms with E-state index in [2.05, 4.69) is 53.0 Å². The number of rotatable bonds is 6. The predicted molar refractivity (Wildman–Crippen MR) is 86.4 cm³/mol. The van der Waals surface area contributed by atoms with Gasteiger partial charge in [-0.15, -0.1) is 0 Å². The zero-order valence-corrected chi connectivity index (χ0v) is 12.6. The van der Waals surface area contributed by atoms with Crippen molar-refractivity contribution >= 4 is 28.5 Å². The predicted octanol–water partition coefficient (Wildman–Crippen LogP) is 3.60. The van der Waals surface area contributed by atoms with E-state index < -0.39 is 0 Å². The van der Waals surface area contributed by atoms with Gasteiger partial charge in [0.2, 0.25) is 0 Å². The molecule has 0 aliphatic heterocycles. The summed E-state index contributed by atoms with van der Waals surface area (Å²) in [5, 5.41) is 4.29. The van der Waals surface area contributed by atoms with Gasteiger partial charge in [0.25, 0.3) is 0 Å². The van der Waals surface area contributed by atoms with Gasteiger partial charge in [-0.2, -0.15) is 11.3 Å². The molecule has 4 heteroatoms. The van der Waals surface area contributed by atoms with E-state index >= 15 is 0 Å². The summed E-state index contributed by atoms with van der Waals surface area (Å²) in [5.74, 6) is 0. The monoisotopic (exact) mass is 290 g/mol. The summed E-state index contributed by atoms with van der Waals surface area (Å²) in [7, 11) is 2.12. The van der Waals surface area contributed by atoms with Gasteiger partial charge in [0.05, 0.1) is 4.99 Å². The summed E-state index contributed by atoms with van der Waals surface area (Å²) >= 11 is 6.82. The lowest BCUT2D eigenvalue weighted by molar-refractivity contribution is 0.242. The van der Waals surface area contributed by atoms with Crippen molar-refractivity contribution in [2.24, 2.45) is 5.73 Å². The van der Waals surface area contributed by atoms with Gasteiger partial charge in [0.15, 0.2) is 0 Å². The van der Waals surface area contributed by atoms with Crippen molar-refractivity contribution in [1.82, 2.24) is 4.90 Å². The van der Waals surface area contributed by atoms with E-state index in [0.29, 0.717) is 11.4 Å². The Hall–Kier alpha value is -1.23. The van der Waals surface area contributed by atoms with Crippen molar-refractivity contribution in [2.75, 3.05) is 7.05 Å². The maximum absolute atomic E-state index is 5.75. The van der Waals surface area contributed by atoms with Gasteiger partial charge >= 0.3 is 0 Å². The van der Waals surface area contributed by atoms with Crippen molar-refractivity contribution < 1.29 is 0 Å². The van der Waals surface area contributed by atoms with Crippen molar-refractivity contribution in [2.45, 2.75) is 19.0 Å². The molecule has 1 atom stereocenters. The SMILES string of the molecule is CN(Cc1ccsc1)C(CC(N)=S)c1ccccc1. The normalized spacial score (nSPS) is 12.5. The molecular weight excluding hydrogens is 272 g/mol. The van der Waals surface area contributed by atoms with E-state index in [-0.39, 0.29) is 6.04 Å². The van der Waals surface area contributed by atoms with E-state index in [4.69, 9.17) is 18.0 Å². The molecule has 0 amide bonds. The molecule has 0 fully saturated rings. The number of hydrogen-bond donors (Lipinski definition) is 1. The van der Waals surface area contributed by atoms with Crippen LogP contribution in [0.25, 0.3) is 0 Å². The molecule has 1 unspecified atom stereocenters. The molecule has 1 aromatic heterocycles. The highest BCUT2D eigenvalue weighted by Gasteiger charge is 2.18. The van der Waals surface area contributed by atoms with Gasteiger partial charge in [0.1, 0.15) is 0 Å². The minimum absolute atomic E-state index is 0.235. The second-order valence-electron chi connectivity index (χ2n) is 4.64.